The van der Waals surface area contributed by atoms with Gasteiger partial charge in [-0.3, -0.25) is 4.99 Å². The Kier molecular flexibility index (Phi) is 4.97. The van der Waals surface area contributed by atoms with Crippen LogP contribution in [-0.2, 0) is 6.42 Å². The van der Waals surface area contributed by atoms with Gasteiger partial charge in [0, 0.05) is 50.7 Å². The lowest BCUT2D eigenvalue weighted by molar-refractivity contribution is 0.508. The number of guanidine groups is 1. The quantitative estimate of drug-likeness (QED) is 0.663. The molecule has 0 aliphatic carbocycles. The van der Waals surface area contributed by atoms with E-state index in [1.54, 1.807) is 6.07 Å². The fourth-order valence-corrected chi connectivity index (χ4v) is 4.00. The van der Waals surface area contributed by atoms with Gasteiger partial charge in [-0.25, -0.2) is 8.78 Å². The van der Waals surface area contributed by atoms with Gasteiger partial charge in [-0.15, -0.1) is 0 Å². The highest BCUT2D eigenvalue weighted by Gasteiger charge is 2.26. The van der Waals surface area contributed by atoms with E-state index in [2.05, 4.69) is 44.4 Å². The molecule has 0 bridgehead atoms. The summed E-state index contributed by atoms with van der Waals surface area (Å²) in [5.41, 5.74) is 3.32. The van der Waals surface area contributed by atoms with Crippen LogP contribution in [0.4, 0.5) is 20.2 Å². The minimum Gasteiger partial charge on any atom is -0.371 e. The molecular formula is C21H24F2N4. The molecule has 1 N–H and O–H groups in total. The van der Waals surface area contributed by atoms with Gasteiger partial charge in [0.1, 0.15) is 0 Å². The van der Waals surface area contributed by atoms with E-state index in [1.165, 1.54) is 23.4 Å². The van der Waals surface area contributed by atoms with E-state index < -0.39 is 11.6 Å². The van der Waals surface area contributed by atoms with E-state index in [4.69, 9.17) is 0 Å². The molecule has 1 fully saturated rings. The first-order chi connectivity index (χ1) is 13.2. The van der Waals surface area contributed by atoms with Crippen molar-refractivity contribution in [3.05, 3.63) is 59.7 Å². The second kappa shape index (κ2) is 7.55. The van der Waals surface area contributed by atoms with Gasteiger partial charge in [0.15, 0.2) is 17.6 Å². The van der Waals surface area contributed by atoms with Crippen LogP contribution in [0.1, 0.15) is 12.0 Å². The van der Waals surface area contributed by atoms with Crippen molar-refractivity contribution in [2.45, 2.75) is 12.8 Å². The number of anilines is 2. The summed E-state index contributed by atoms with van der Waals surface area (Å²) >= 11 is 0. The molecule has 1 atom stereocenters. The number of para-hydroxylation sites is 1. The number of benzene rings is 2. The molecule has 142 valence electrons. The van der Waals surface area contributed by atoms with Gasteiger partial charge in [0.25, 0.3) is 0 Å². The van der Waals surface area contributed by atoms with Crippen LogP contribution in [-0.4, -0.2) is 39.2 Å². The molecule has 4 nitrogen and oxygen atoms in total. The number of hydrogen-bond acceptors (Lipinski definition) is 2. The molecule has 0 amide bonds. The normalized spacial score (nSPS) is 19.5. The molecule has 0 spiro atoms. The molecule has 2 aliphatic rings. The fraction of sp³-hybridized carbons (Fsp3) is 0.381. The van der Waals surface area contributed by atoms with Gasteiger partial charge in [-0.2, -0.15) is 0 Å². The van der Waals surface area contributed by atoms with E-state index >= 15 is 0 Å². The first-order valence-electron chi connectivity index (χ1n) is 9.42. The Labute approximate surface area is 158 Å². The monoisotopic (exact) mass is 370 g/mol. The van der Waals surface area contributed by atoms with Crippen molar-refractivity contribution in [2.24, 2.45) is 10.9 Å². The largest absolute Gasteiger partial charge is 0.371 e. The molecule has 0 radical (unpaired) electrons. The van der Waals surface area contributed by atoms with Gasteiger partial charge in [-0.1, -0.05) is 18.2 Å². The predicted octanol–water partition coefficient (Wildman–Crippen LogP) is 3.43. The molecule has 2 aromatic rings. The molecule has 2 aliphatic heterocycles. The van der Waals surface area contributed by atoms with Crippen LogP contribution in [0.2, 0.25) is 0 Å². The van der Waals surface area contributed by atoms with Crippen LogP contribution in [0.5, 0.6) is 0 Å². The van der Waals surface area contributed by atoms with Crippen molar-refractivity contribution >= 4 is 17.3 Å². The van der Waals surface area contributed by atoms with Crippen molar-refractivity contribution < 1.29 is 8.78 Å². The van der Waals surface area contributed by atoms with E-state index in [0.717, 1.165) is 50.7 Å². The molecule has 0 aromatic heterocycles. The minimum absolute atomic E-state index is 0.438. The lowest BCUT2D eigenvalue weighted by atomic mass is 10.1. The summed E-state index contributed by atoms with van der Waals surface area (Å²) in [6.45, 7) is 3.42. The van der Waals surface area contributed by atoms with Crippen molar-refractivity contribution in [3.8, 4) is 0 Å². The van der Waals surface area contributed by atoms with E-state index in [0.29, 0.717) is 5.92 Å². The van der Waals surface area contributed by atoms with Crippen LogP contribution in [0, 0.1) is 17.6 Å². The zero-order chi connectivity index (χ0) is 18.8. The van der Waals surface area contributed by atoms with Crippen molar-refractivity contribution in [2.75, 3.05) is 43.0 Å². The average Bonchev–Trinajstić information content (AvgIpc) is 3.32. The molecule has 27 heavy (non-hydrogen) atoms. The third-order valence-electron chi connectivity index (χ3n) is 5.46. The number of nitrogens with zero attached hydrogens (tertiary/aromatic N) is 3. The van der Waals surface area contributed by atoms with Gasteiger partial charge in [0.2, 0.25) is 0 Å². The smallest absolute Gasteiger partial charge is 0.198 e. The molecule has 4 rings (SSSR count). The summed E-state index contributed by atoms with van der Waals surface area (Å²) < 4.78 is 26.6. The molecule has 6 heteroatoms. The molecule has 1 saturated heterocycles. The second-order valence-corrected chi connectivity index (χ2v) is 7.16. The maximum Gasteiger partial charge on any atom is 0.198 e. The number of fused-ring (bicyclic) bond motifs is 1. The standard InChI is InChI=1S/C21H24F2N4/c1-24-21(27-11-9-16-4-2-3-5-20(16)27)25-13-15-8-10-26(14-15)17-6-7-18(22)19(23)12-17/h2-7,12,15H,8-11,13-14H2,1H3,(H,24,25). The zero-order valence-electron chi connectivity index (χ0n) is 15.5. The zero-order valence-corrected chi connectivity index (χ0v) is 15.5. The number of rotatable bonds is 3. The summed E-state index contributed by atoms with van der Waals surface area (Å²) in [7, 11) is 1.81. The highest BCUT2D eigenvalue weighted by molar-refractivity contribution is 5.97. The molecular weight excluding hydrogens is 346 g/mol. The Balaban J connectivity index is 1.36. The topological polar surface area (TPSA) is 30.9 Å². The van der Waals surface area contributed by atoms with E-state index in [1.807, 2.05) is 7.05 Å². The van der Waals surface area contributed by atoms with Crippen LogP contribution >= 0.6 is 0 Å². The Morgan fingerprint density at radius 1 is 1.15 bits per heavy atom. The van der Waals surface area contributed by atoms with Crippen LogP contribution in [0.25, 0.3) is 0 Å². The van der Waals surface area contributed by atoms with Gasteiger partial charge in [-0.05, 0) is 42.5 Å². The summed E-state index contributed by atoms with van der Waals surface area (Å²) in [6.07, 6.45) is 2.05. The van der Waals surface area contributed by atoms with Crippen LogP contribution in [0.3, 0.4) is 0 Å². The Bertz CT molecular complexity index is 852. The highest BCUT2D eigenvalue weighted by Crippen LogP contribution is 2.28. The van der Waals surface area contributed by atoms with Crippen molar-refractivity contribution in [3.63, 3.8) is 0 Å². The van der Waals surface area contributed by atoms with Crippen LogP contribution in [0.15, 0.2) is 47.5 Å². The molecule has 2 heterocycles. The lowest BCUT2D eigenvalue weighted by Crippen LogP contribution is -2.42. The average molecular weight is 370 g/mol. The first-order valence-corrected chi connectivity index (χ1v) is 9.42. The predicted molar refractivity (Wildman–Crippen MR) is 106 cm³/mol. The number of nitrogens with one attached hydrogen (secondary N) is 1. The first kappa shape index (κ1) is 17.8. The third-order valence-corrected chi connectivity index (χ3v) is 5.46. The second-order valence-electron chi connectivity index (χ2n) is 7.16. The summed E-state index contributed by atoms with van der Waals surface area (Å²) in [6, 6.07) is 12.6. The highest BCUT2D eigenvalue weighted by atomic mass is 19.2. The van der Waals surface area contributed by atoms with Crippen LogP contribution < -0.4 is 15.1 Å². The van der Waals surface area contributed by atoms with Crippen molar-refractivity contribution in [1.82, 2.24) is 5.32 Å². The summed E-state index contributed by atoms with van der Waals surface area (Å²) in [5.74, 6) is -0.257. The van der Waals surface area contributed by atoms with E-state index in [-0.39, 0.29) is 0 Å². The number of aliphatic imine (C=N–C) groups is 1. The summed E-state index contributed by atoms with van der Waals surface area (Å²) in [4.78, 5) is 8.80. The Morgan fingerprint density at radius 2 is 2.00 bits per heavy atom. The number of hydrogen-bond donors (Lipinski definition) is 1. The van der Waals surface area contributed by atoms with Gasteiger partial charge >= 0.3 is 0 Å². The Hall–Kier alpha value is -2.63. The molecule has 0 saturated carbocycles. The Morgan fingerprint density at radius 3 is 2.81 bits per heavy atom. The van der Waals surface area contributed by atoms with Gasteiger partial charge in [0.05, 0.1) is 0 Å². The van der Waals surface area contributed by atoms with E-state index in [9.17, 15) is 8.78 Å². The van der Waals surface area contributed by atoms with Crippen molar-refractivity contribution in [1.29, 1.82) is 0 Å². The molecule has 1 unspecified atom stereocenters. The minimum atomic E-state index is -0.800. The SMILES string of the molecule is CN=C(NCC1CCN(c2ccc(F)c(F)c2)C1)N1CCc2ccccc21. The fourth-order valence-electron chi connectivity index (χ4n) is 4.00. The molecule has 2 aromatic carbocycles. The maximum atomic E-state index is 13.5. The third kappa shape index (κ3) is 3.61. The maximum absolute atomic E-state index is 13.5. The van der Waals surface area contributed by atoms with Gasteiger partial charge < -0.3 is 15.1 Å². The lowest BCUT2D eigenvalue weighted by Gasteiger charge is -2.24. The summed E-state index contributed by atoms with van der Waals surface area (Å²) in [5, 5.41) is 3.50. The number of halogens is 2.